The Hall–Kier alpha value is -2.08. The van der Waals surface area contributed by atoms with Gasteiger partial charge in [-0.2, -0.15) is 10.2 Å². The van der Waals surface area contributed by atoms with Crippen molar-refractivity contribution in [3.05, 3.63) is 33.7 Å². The van der Waals surface area contributed by atoms with Gasteiger partial charge in [-0.1, -0.05) is 11.6 Å². The zero-order valence-electron chi connectivity index (χ0n) is 11.8. The molecule has 7 heteroatoms. The van der Waals surface area contributed by atoms with Gasteiger partial charge in [0.25, 0.3) is 0 Å². The minimum Gasteiger partial charge on any atom is -0.305 e. The number of aromatic nitrogens is 4. The quantitative estimate of drug-likeness (QED) is 0.853. The predicted molar refractivity (Wildman–Crippen MR) is 78.7 cm³/mol. The first-order chi connectivity index (χ1) is 9.40. The summed E-state index contributed by atoms with van der Waals surface area (Å²) in [6, 6.07) is 0. The van der Waals surface area contributed by atoms with E-state index in [9.17, 15) is 4.79 Å². The molecule has 0 aliphatic rings. The van der Waals surface area contributed by atoms with E-state index in [1.54, 1.807) is 17.8 Å². The molecule has 0 aliphatic heterocycles. The summed E-state index contributed by atoms with van der Waals surface area (Å²) in [5, 5.41) is 14.2. The summed E-state index contributed by atoms with van der Waals surface area (Å²) < 4.78 is 1.57. The van der Waals surface area contributed by atoms with Gasteiger partial charge in [-0.15, -0.1) is 0 Å². The van der Waals surface area contributed by atoms with Gasteiger partial charge in [0, 0.05) is 29.9 Å². The van der Waals surface area contributed by atoms with E-state index in [4.69, 9.17) is 11.6 Å². The second-order valence-corrected chi connectivity index (χ2v) is 4.92. The number of aryl methyl sites for hydroxylation is 3. The smallest absolute Gasteiger partial charge is 0.249 e. The molecule has 1 amide bonds. The Kier molecular flexibility index (Phi) is 3.94. The molecule has 6 nitrogen and oxygen atoms in total. The lowest BCUT2D eigenvalue weighted by molar-refractivity contribution is -0.111. The summed E-state index contributed by atoms with van der Waals surface area (Å²) >= 11 is 6.09. The topological polar surface area (TPSA) is 75.6 Å². The van der Waals surface area contributed by atoms with Gasteiger partial charge in [0.1, 0.15) is 5.15 Å². The molecule has 2 N–H and O–H groups in total. The number of nitrogens with one attached hydrogen (secondary N) is 2. The van der Waals surface area contributed by atoms with Gasteiger partial charge in [0.05, 0.1) is 5.69 Å². The highest BCUT2D eigenvalue weighted by molar-refractivity contribution is 6.31. The predicted octanol–water partition coefficient (Wildman–Crippen LogP) is 2.37. The highest BCUT2D eigenvalue weighted by atomic mass is 35.5. The Morgan fingerprint density at radius 3 is 2.60 bits per heavy atom. The van der Waals surface area contributed by atoms with Gasteiger partial charge in [0.15, 0.2) is 5.82 Å². The molecule has 0 unspecified atom stereocenters. The third-order valence-electron chi connectivity index (χ3n) is 3.09. The molecule has 20 heavy (non-hydrogen) atoms. The van der Waals surface area contributed by atoms with Crippen molar-refractivity contribution in [1.29, 1.82) is 0 Å². The Balaban J connectivity index is 2.12. The second kappa shape index (κ2) is 5.50. The molecule has 0 bridgehead atoms. The van der Waals surface area contributed by atoms with Crippen LogP contribution in [0, 0.1) is 20.8 Å². The SMILES string of the molecule is Cc1nn(C)c(Cl)c1/C=C/C(=O)Nc1n[nH]c(C)c1C. The van der Waals surface area contributed by atoms with Crippen LogP contribution in [0.25, 0.3) is 6.08 Å². The van der Waals surface area contributed by atoms with E-state index in [0.29, 0.717) is 11.0 Å². The fourth-order valence-electron chi connectivity index (χ4n) is 1.76. The number of carbonyl (C=O) groups is 1. The first kappa shape index (κ1) is 14.3. The maximum atomic E-state index is 11.9. The Morgan fingerprint density at radius 1 is 1.40 bits per heavy atom. The van der Waals surface area contributed by atoms with E-state index in [2.05, 4.69) is 20.6 Å². The van der Waals surface area contributed by atoms with Gasteiger partial charge in [0.2, 0.25) is 5.91 Å². The molecule has 0 fully saturated rings. The molecule has 106 valence electrons. The van der Waals surface area contributed by atoms with Gasteiger partial charge in [-0.25, -0.2) is 0 Å². The lowest BCUT2D eigenvalue weighted by Gasteiger charge is -1.98. The van der Waals surface area contributed by atoms with Crippen LogP contribution in [0.2, 0.25) is 5.15 Å². The van der Waals surface area contributed by atoms with Crippen molar-refractivity contribution in [2.24, 2.45) is 7.05 Å². The average molecular weight is 294 g/mol. The monoisotopic (exact) mass is 293 g/mol. The summed E-state index contributed by atoms with van der Waals surface area (Å²) in [5.74, 6) is 0.269. The summed E-state index contributed by atoms with van der Waals surface area (Å²) in [6.07, 6.45) is 3.06. The molecule has 2 rings (SSSR count). The largest absolute Gasteiger partial charge is 0.305 e. The van der Waals surface area contributed by atoms with Gasteiger partial charge < -0.3 is 5.32 Å². The zero-order valence-corrected chi connectivity index (χ0v) is 12.5. The minimum atomic E-state index is -0.265. The number of halogens is 1. The highest BCUT2D eigenvalue weighted by Crippen LogP contribution is 2.20. The van der Waals surface area contributed by atoms with E-state index in [-0.39, 0.29) is 5.91 Å². The van der Waals surface area contributed by atoms with Crippen molar-refractivity contribution in [3.8, 4) is 0 Å². The van der Waals surface area contributed by atoms with Crippen molar-refractivity contribution in [1.82, 2.24) is 20.0 Å². The molecule has 2 heterocycles. The van der Waals surface area contributed by atoms with E-state index in [1.165, 1.54) is 6.08 Å². The van der Waals surface area contributed by atoms with E-state index in [0.717, 1.165) is 22.5 Å². The maximum absolute atomic E-state index is 11.9. The standard InChI is InChI=1S/C13H16ClN5O/c1-7-8(2)16-17-13(7)15-11(20)6-5-10-9(3)18-19(4)12(10)14/h5-6H,1-4H3,(H2,15,16,17,20)/b6-5+. The Labute approximate surface area is 121 Å². The Morgan fingerprint density at radius 2 is 2.10 bits per heavy atom. The third kappa shape index (κ3) is 2.75. The molecule has 0 aliphatic carbocycles. The van der Waals surface area contributed by atoms with Crippen LogP contribution in [0.15, 0.2) is 6.08 Å². The van der Waals surface area contributed by atoms with Gasteiger partial charge in [-0.05, 0) is 26.8 Å². The highest BCUT2D eigenvalue weighted by Gasteiger charge is 2.10. The lowest BCUT2D eigenvalue weighted by Crippen LogP contribution is -2.09. The van der Waals surface area contributed by atoms with Crippen molar-refractivity contribution < 1.29 is 4.79 Å². The number of anilines is 1. The van der Waals surface area contributed by atoms with Crippen LogP contribution >= 0.6 is 11.6 Å². The Bertz CT molecular complexity index is 683. The van der Waals surface area contributed by atoms with E-state index >= 15 is 0 Å². The van der Waals surface area contributed by atoms with Crippen LogP contribution in [0.3, 0.4) is 0 Å². The van der Waals surface area contributed by atoms with Gasteiger partial charge >= 0.3 is 0 Å². The normalized spacial score (nSPS) is 11.2. The van der Waals surface area contributed by atoms with Gasteiger partial charge in [-0.3, -0.25) is 14.6 Å². The molecule has 0 atom stereocenters. The van der Waals surface area contributed by atoms with E-state index in [1.807, 2.05) is 20.8 Å². The van der Waals surface area contributed by atoms with Crippen LogP contribution in [-0.2, 0) is 11.8 Å². The fourth-order valence-corrected chi connectivity index (χ4v) is 2.00. The van der Waals surface area contributed by atoms with Crippen LogP contribution in [-0.4, -0.2) is 25.9 Å². The molecule has 2 aromatic rings. The molecule has 0 aromatic carbocycles. The number of H-pyrrole nitrogens is 1. The molecular weight excluding hydrogens is 278 g/mol. The van der Waals surface area contributed by atoms with Crippen molar-refractivity contribution in [3.63, 3.8) is 0 Å². The number of carbonyl (C=O) groups excluding carboxylic acids is 1. The summed E-state index contributed by atoms with van der Waals surface area (Å²) in [4.78, 5) is 11.9. The molecule has 0 saturated heterocycles. The molecule has 2 aromatic heterocycles. The zero-order chi connectivity index (χ0) is 14.9. The van der Waals surface area contributed by atoms with Crippen LogP contribution < -0.4 is 5.32 Å². The fraction of sp³-hybridized carbons (Fsp3) is 0.308. The second-order valence-electron chi connectivity index (χ2n) is 4.56. The van der Waals surface area contributed by atoms with Crippen LogP contribution in [0.5, 0.6) is 0 Å². The number of aromatic amines is 1. The molecule has 0 spiro atoms. The first-order valence-electron chi connectivity index (χ1n) is 6.10. The number of hydrogen-bond donors (Lipinski definition) is 2. The number of rotatable bonds is 3. The van der Waals surface area contributed by atoms with Crippen molar-refractivity contribution >= 4 is 29.4 Å². The average Bonchev–Trinajstić information content (AvgIpc) is 2.82. The van der Waals surface area contributed by atoms with E-state index < -0.39 is 0 Å². The number of hydrogen-bond acceptors (Lipinski definition) is 3. The maximum Gasteiger partial charge on any atom is 0.249 e. The lowest BCUT2D eigenvalue weighted by atomic mass is 10.2. The summed E-state index contributed by atoms with van der Waals surface area (Å²) in [7, 11) is 1.75. The first-order valence-corrected chi connectivity index (χ1v) is 6.47. The van der Waals surface area contributed by atoms with Crippen LogP contribution in [0.4, 0.5) is 5.82 Å². The molecule has 0 radical (unpaired) electrons. The number of nitrogens with zero attached hydrogens (tertiary/aromatic N) is 3. The number of amides is 1. The molecular formula is C13H16ClN5O. The third-order valence-corrected chi connectivity index (χ3v) is 3.54. The van der Waals surface area contributed by atoms with Crippen molar-refractivity contribution in [2.75, 3.05) is 5.32 Å². The molecule has 0 saturated carbocycles. The summed E-state index contributed by atoms with van der Waals surface area (Å²) in [5.41, 5.74) is 3.35. The summed E-state index contributed by atoms with van der Waals surface area (Å²) in [6.45, 7) is 5.62. The van der Waals surface area contributed by atoms with Crippen molar-refractivity contribution in [2.45, 2.75) is 20.8 Å². The minimum absolute atomic E-state index is 0.265. The van der Waals surface area contributed by atoms with Crippen LogP contribution in [0.1, 0.15) is 22.5 Å².